The van der Waals surface area contributed by atoms with Gasteiger partial charge in [-0.05, 0) is 25.5 Å². The lowest BCUT2D eigenvalue weighted by Crippen LogP contribution is -2.44. The highest BCUT2D eigenvalue weighted by atomic mass is 16.5. The zero-order valence-corrected chi connectivity index (χ0v) is 9.94. The standard InChI is InChI=1S/C14H16N2O/c1-15-14(12-5-3-2-4-6-12)8-7-11-10-17-16-13(11)9-14/h2-6,10,15H,7-9H2,1H3. The highest BCUT2D eigenvalue weighted by molar-refractivity contribution is 5.32. The van der Waals surface area contributed by atoms with Gasteiger partial charge in [0.2, 0.25) is 0 Å². The third kappa shape index (κ3) is 1.67. The number of hydrogen-bond acceptors (Lipinski definition) is 3. The van der Waals surface area contributed by atoms with Crippen molar-refractivity contribution < 1.29 is 4.52 Å². The van der Waals surface area contributed by atoms with Crippen molar-refractivity contribution in [1.82, 2.24) is 10.5 Å². The minimum absolute atomic E-state index is 0.00509. The summed E-state index contributed by atoms with van der Waals surface area (Å²) < 4.78 is 5.06. The molecule has 0 bridgehead atoms. The lowest BCUT2D eigenvalue weighted by atomic mass is 9.76. The van der Waals surface area contributed by atoms with Gasteiger partial charge < -0.3 is 9.84 Å². The molecule has 0 saturated carbocycles. The average molecular weight is 228 g/mol. The van der Waals surface area contributed by atoms with Gasteiger partial charge in [-0.15, -0.1) is 0 Å². The minimum Gasteiger partial charge on any atom is -0.364 e. The zero-order valence-electron chi connectivity index (χ0n) is 9.94. The zero-order chi connectivity index (χ0) is 11.7. The van der Waals surface area contributed by atoms with E-state index in [9.17, 15) is 0 Å². The Hall–Kier alpha value is -1.61. The normalized spacial score (nSPS) is 23.4. The van der Waals surface area contributed by atoms with Crippen LogP contribution in [-0.2, 0) is 18.4 Å². The predicted octanol–water partition coefficient (Wildman–Crippen LogP) is 2.28. The second kappa shape index (κ2) is 4.00. The van der Waals surface area contributed by atoms with Crippen LogP contribution >= 0.6 is 0 Å². The number of fused-ring (bicyclic) bond motifs is 1. The monoisotopic (exact) mass is 228 g/mol. The first-order chi connectivity index (χ1) is 8.34. The SMILES string of the molecule is CNC1(c2ccccc2)CCc2conc2C1. The van der Waals surface area contributed by atoms with Crippen LogP contribution < -0.4 is 5.32 Å². The summed E-state index contributed by atoms with van der Waals surface area (Å²) in [5.74, 6) is 0. The molecule has 3 heteroatoms. The van der Waals surface area contributed by atoms with Crippen LogP contribution in [-0.4, -0.2) is 12.2 Å². The molecule has 2 aromatic rings. The lowest BCUT2D eigenvalue weighted by molar-refractivity contribution is 0.306. The van der Waals surface area contributed by atoms with Gasteiger partial charge in [-0.25, -0.2) is 0 Å². The van der Waals surface area contributed by atoms with Crippen LogP contribution in [0.2, 0.25) is 0 Å². The molecule has 3 rings (SSSR count). The van der Waals surface area contributed by atoms with Crippen LogP contribution in [0.3, 0.4) is 0 Å². The number of aromatic nitrogens is 1. The Bertz CT molecular complexity index is 506. The van der Waals surface area contributed by atoms with Gasteiger partial charge in [0.25, 0.3) is 0 Å². The number of nitrogens with one attached hydrogen (secondary N) is 1. The van der Waals surface area contributed by atoms with E-state index in [1.165, 1.54) is 11.1 Å². The molecule has 88 valence electrons. The highest BCUT2D eigenvalue weighted by Crippen LogP contribution is 2.35. The first kappa shape index (κ1) is 10.5. The summed E-state index contributed by atoms with van der Waals surface area (Å²) in [6.07, 6.45) is 4.79. The molecule has 1 aliphatic rings. The van der Waals surface area contributed by atoms with E-state index < -0.39 is 0 Å². The van der Waals surface area contributed by atoms with Crippen molar-refractivity contribution in [2.45, 2.75) is 24.8 Å². The van der Waals surface area contributed by atoms with Gasteiger partial charge in [0.1, 0.15) is 6.26 Å². The maximum atomic E-state index is 5.06. The van der Waals surface area contributed by atoms with Crippen molar-refractivity contribution in [3.05, 3.63) is 53.4 Å². The van der Waals surface area contributed by atoms with E-state index in [0.717, 1.165) is 25.0 Å². The second-order valence-corrected chi connectivity index (χ2v) is 4.66. The molecule has 1 atom stereocenters. The van der Waals surface area contributed by atoms with Gasteiger partial charge in [0, 0.05) is 17.5 Å². The van der Waals surface area contributed by atoms with Gasteiger partial charge in [-0.1, -0.05) is 35.5 Å². The number of likely N-dealkylation sites (N-methyl/N-ethyl adjacent to an activating group) is 1. The van der Waals surface area contributed by atoms with Crippen LogP contribution in [0.5, 0.6) is 0 Å². The summed E-state index contributed by atoms with van der Waals surface area (Å²) >= 11 is 0. The fourth-order valence-corrected chi connectivity index (χ4v) is 2.71. The van der Waals surface area contributed by atoms with Crippen molar-refractivity contribution in [3.63, 3.8) is 0 Å². The number of hydrogen-bond donors (Lipinski definition) is 1. The molecule has 1 N–H and O–H groups in total. The number of benzene rings is 1. The molecule has 0 fully saturated rings. The van der Waals surface area contributed by atoms with Crippen molar-refractivity contribution in [2.24, 2.45) is 0 Å². The molecule has 0 spiro atoms. The third-order valence-corrected chi connectivity index (χ3v) is 3.82. The molecular weight excluding hydrogens is 212 g/mol. The van der Waals surface area contributed by atoms with E-state index >= 15 is 0 Å². The van der Waals surface area contributed by atoms with Gasteiger partial charge in [0.05, 0.1) is 5.69 Å². The Morgan fingerprint density at radius 3 is 2.88 bits per heavy atom. The van der Waals surface area contributed by atoms with Crippen LogP contribution in [0.15, 0.2) is 41.1 Å². The fourth-order valence-electron chi connectivity index (χ4n) is 2.71. The van der Waals surface area contributed by atoms with Gasteiger partial charge >= 0.3 is 0 Å². The maximum Gasteiger partial charge on any atom is 0.127 e. The summed E-state index contributed by atoms with van der Waals surface area (Å²) in [7, 11) is 2.03. The Labute approximate surface area is 101 Å². The van der Waals surface area contributed by atoms with E-state index in [1.54, 1.807) is 6.26 Å². The molecule has 1 aromatic heterocycles. The first-order valence-electron chi connectivity index (χ1n) is 6.01. The van der Waals surface area contributed by atoms with Crippen molar-refractivity contribution in [2.75, 3.05) is 7.05 Å². The summed E-state index contributed by atoms with van der Waals surface area (Å²) in [6, 6.07) is 10.6. The summed E-state index contributed by atoms with van der Waals surface area (Å²) in [6.45, 7) is 0. The van der Waals surface area contributed by atoms with Crippen LogP contribution in [0.25, 0.3) is 0 Å². The number of rotatable bonds is 2. The third-order valence-electron chi connectivity index (χ3n) is 3.82. The molecule has 3 nitrogen and oxygen atoms in total. The molecule has 1 aliphatic carbocycles. The average Bonchev–Trinajstić information content (AvgIpc) is 2.86. The molecule has 17 heavy (non-hydrogen) atoms. The van der Waals surface area contributed by atoms with Gasteiger partial charge in [-0.3, -0.25) is 0 Å². The largest absolute Gasteiger partial charge is 0.364 e. The van der Waals surface area contributed by atoms with Crippen molar-refractivity contribution >= 4 is 0 Å². The van der Waals surface area contributed by atoms with Crippen molar-refractivity contribution in [3.8, 4) is 0 Å². The lowest BCUT2D eigenvalue weighted by Gasteiger charge is -2.36. The molecule has 0 saturated heterocycles. The molecule has 1 heterocycles. The summed E-state index contributed by atoms with van der Waals surface area (Å²) in [5.41, 5.74) is 3.68. The van der Waals surface area contributed by atoms with E-state index in [-0.39, 0.29) is 5.54 Å². The molecule has 1 aromatic carbocycles. The maximum absolute atomic E-state index is 5.06. The Morgan fingerprint density at radius 1 is 1.29 bits per heavy atom. The molecule has 1 unspecified atom stereocenters. The summed E-state index contributed by atoms with van der Waals surface area (Å²) in [4.78, 5) is 0. The van der Waals surface area contributed by atoms with Crippen LogP contribution in [0, 0.1) is 0 Å². The van der Waals surface area contributed by atoms with Gasteiger partial charge in [-0.2, -0.15) is 0 Å². The molecule has 0 amide bonds. The van der Waals surface area contributed by atoms with Gasteiger partial charge in [0.15, 0.2) is 0 Å². The quantitative estimate of drug-likeness (QED) is 0.857. The first-order valence-corrected chi connectivity index (χ1v) is 6.01. The smallest absolute Gasteiger partial charge is 0.127 e. The molecule has 0 aliphatic heterocycles. The number of aryl methyl sites for hydroxylation is 1. The Balaban J connectivity index is 2.01. The molecular formula is C14H16N2O. The second-order valence-electron chi connectivity index (χ2n) is 4.66. The van der Waals surface area contributed by atoms with E-state index in [0.29, 0.717) is 0 Å². The summed E-state index contributed by atoms with van der Waals surface area (Å²) in [5, 5.41) is 7.59. The van der Waals surface area contributed by atoms with Crippen molar-refractivity contribution in [1.29, 1.82) is 0 Å². The van der Waals surface area contributed by atoms with Crippen LogP contribution in [0.1, 0.15) is 23.2 Å². The number of nitrogens with zero attached hydrogens (tertiary/aromatic N) is 1. The molecule has 0 radical (unpaired) electrons. The highest BCUT2D eigenvalue weighted by Gasteiger charge is 2.36. The Kier molecular flexibility index (Phi) is 2.48. The van der Waals surface area contributed by atoms with E-state index in [1.807, 2.05) is 7.05 Å². The van der Waals surface area contributed by atoms with Crippen LogP contribution in [0.4, 0.5) is 0 Å². The topological polar surface area (TPSA) is 38.1 Å². The van der Waals surface area contributed by atoms with E-state index in [2.05, 4.69) is 40.8 Å². The fraction of sp³-hybridized carbons (Fsp3) is 0.357. The van der Waals surface area contributed by atoms with E-state index in [4.69, 9.17) is 4.52 Å². The minimum atomic E-state index is 0.00509. The Morgan fingerprint density at radius 2 is 2.12 bits per heavy atom. The predicted molar refractivity (Wildman–Crippen MR) is 65.7 cm³/mol.